The van der Waals surface area contributed by atoms with Crippen LogP contribution in [0.25, 0.3) is 22.3 Å². The van der Waals surface area contributed by atoms with E-state index in [0.29, 0.717) is 0 Å². The van der Waals surface area contributed by atoms with Gasteiger partial charge in [-0.15, -0.1) is 0 Å². The molecule has 0 atom stereocenters. The highest BCUT2D eigenvalue weighted by Crippen LogP contribution is 2.54. The lowest BCUT2D eigenvalue weighted by atomic mass is 9.87. The Labute approximate surface area is 203 Å². The number of hydrogen-bond donors (Lipinski definition) is 0. The number of aromatic nitrogens is 2. The lowest BCUT2D eigenvalue weighted by Crippen LogP contribution is -2.26. The van der Waals surface area contributed by atoms with Crippen molar-refractivity contribution in [3.63, 3.8) is 0 Å². The minimum Gasteiger partial charge on any atom is -0.306 e. The molecule has 0 unspecified atom stereocenters. The molecule has 0 saturated heterocycles. The number of hydrogen-bond acceptors (Lipinski definition) is 3. The third-order valence-corrected chi connectivity index (χ3v) is 8.51. The van der Waals surface area contributed by atoms with Crippen molar-refractivity contribution in [3.8, 4) is 22.3 Å². The monoisotopic (exact) mass is 447 g/mol. The first-order valence-corrected chi connectivity index (χ1v) is 12.4. The van der Waals surface area contributed by atoms with Gasteiger partial charge in [0.15, 0.2) is 0 Å². The molecule has 0 saturated carbocycles. The Bertz CT molecular complexity index is 1760. The van der Waals surface area contributed by atoms with E-state index < -0.39 is 0 Å². The van der Waals surface area contributed by atoms with Crippen LogP contribution in [-0.2, 0) is 25.7 Å². The first-order valence-electron chi connectivity index (χ1n) is 12.4. The van der Waals surface area contributed by atoms with Crippen LogP contribution in [0, 0.1) is 0 Å². The quantitative estimate of drug-likeness (QED) is 0.253. The summed E-state index contributed by atoms with van der Waals surface area (Å²) in [5.74, 6) is 0. The molecule has 3 aromatic carbocycles. The lowest BCUT2D eigenvalue weighted by Gasteiger charge is -2.38. The normalized spacial score (nSPS) is 14.9. The number of fused-ring (bicyclic) bond motifs is 12. The number of anilines is 3. The van der Waals surface area contributed by atoms with Crippen molar-refractivity contribution in [2.75, 3.05) is 4.90 Å². The Balaban J connectivity index is 1.25. The summed E-state index contributed by atoms with van der Waals surface area (Å²) < 4.78 is 0. The number of nitrogens with zero attached hydrogens (tertiary/aromatic N) is 3. The van der Waals surface area contributed by atoms with Crippen LogP contribution in [0.1, 0.15) is 44.8 Å². The molecular weight excluding hydrogens is 426 g/mol. The van der Waals surface area contributed by atoms with Crippen LogP contribution < -0.4 is 4.90 Å². The summed E-state index contributed by atoms with van der Waals surface area (Å²) in [7, 11) is 0. The van der Waals surface area contributed by atoms with Gasteiger partial charge in [-0.1, -0.05) is 42.5 Å². The van der Waals surface area contributed by atoms with Gasteiger partial charge in [0.05, 0.1) is 28.5 Å². The second-order valence-electron chi connectivity index (χ2n) is 10.1. The van der Waals surface area contributed by atoms with E-state index >= 15 is 0 Å². The van der Waals surface area contributed by atoms with E-state index in [1.165, 1.54) is 78.4 Å². The molecule has 4 aliphatic rings. The van der Waals surface area contributed by atoms with Gasteiger partial charge >= 0.3 is 0 Å². The van der Waals surface area contributed by atoms with Crippen LogP contribution in [-0.4, -0.2) is 9.97 Å². The summed E-state index contributed by atoms with van der Waals surface area (Å²) in [5.41, 5.74) is 20.5. The molecular formula is C32H21N3. The van der Waals surface area contributed by atoms with Crippen LogP contribution >= 0.6 is 0 Å². The van der Waals surface area contributed by atoms with Gasteiger partial charge in [0, 0.05) is 25.2 Å². The van der Waals surface area contributed by atoms with Gasteiger partial charge in [0.25, 0.3) is 0 Å². The maximum Gasteiger partial charge on any atom is 0.0717 e. The highest BCUT2D eigenvalue weighted by Gasteiger charge is 2.36. The SMILES string of the molecule is c1ccc2c(c1)Cc1c-2ccc2c1Cc1c-2ccc2c1Cc1nccc3c1N2c1cccnc1C3. The zero-order chi connectivity index (χ0) is 22.7. The van der Waals surface area contributed by atoms with Crippen molar-refractivity contribution in [2.45, 2.75) is 25.7 Å². The fourth-order valence-corrected chi connectivity index (χ4v) is 7.02. The van der Waals surface area contributed by atoms with Gasteiger partial charge in [0.2, 0.25) is 0 Å². The molecule has 3 heteroatoms. The molecule has 9 rings (SSSR count). The highest BCUT2D eigenvalue weighted by atomic mass is 15.2. The van der Waals surface area contributed by atoms with Gasteiger partial charge in [-0.25, -0.2) is 0 Å². The molecule has 4 heterocycles. The molecule has 164 valence electrons. The van der Waals surface area contributed by atoms with Crippen molar-refractivity contribution in [1.29, 1.82) is 0 Å². The van der Waals surface area contributed by atoms with Gasteiger partial charge in [-0.05, 0) is 92.7 Å². The van der Waals surface area contributed by atoms with Crippen molar-refractivity contribution >= 4 is 17.1 Å². The van der Waals surface area contributed by atoms with E-state index in [4.69, 9.17) is 9.97 Å². The highest BCUT2D eigenvalue weighted by molar-refractivity contribution is 5.93. The summed E-state index contributed by atoms with van der Waals surface area (Å²) in [6.07, 6.45) is 7.71. The molecule has 2 aliphatic heterocycles. The Kier molecular flexibility index (Phi) is 3.24. The third kappa shape index (κ3) is 2.21. The van der Waals surface area contributed by atoms with E-state index in [1.807, 2.05) is 12.4 Å². The third-order valence-electron chi connectivity index (χ3n) is 8.51. The van der Waals surface area contributed by atoms with E-state index in [1.54, 1.807) is 0 Å². The Morgan fingerprint density at radius 2 is 1.26 bits per heavy atom. The first kappa shape index (κ1) is 18.1. The second-order valence-corrected chi connectivity index (χ2v) is 10.1. The Morgan fingerprint density at radius 3 is 2.20 bits per heavy atom. The van der Waals surface area contributed by atoms with Gasteiger partial charge in [-0.2, -0.15) is 0 Å². The molecule has 0 spiro atoms. The molecule has 3 nitrogen and oxygen atoms in total. The largest absolute Gasteiger partial charge is 0.306 e. The fourth-order valence-electron chi connectivity index (χ4n) is 7.02. The predicted molar refractivity (Wildman–Crippen MR) is 139 cm³/mol. The van der Waals surface area contributed by atoms with Gasteiger partial charge < -0.3 is 4.90 Å². The molecule has 2 aliphatic carbocycles. The van der Waals surface area contributed by atoms with Crippen molar-refractivity contribution in [1.82, 2.24) is 9.97 Å². The van der Waals surface area contributed by atoms with Crippen LogP contribution in [0.5, 0.6) is 0 Å². The van der Waals surface area contributed by atoms with E-state index in [9.17, 15) is 0 Å². The minimum atomic E-state index is 0.871. The molecule has 0 fully saturated rings. The molecule has 0 radical (unpaired) electrons. The van der Waals surface area contributed by atoms with E-state index in [2.05, 4.69) is 71.6 Å². The second kappa shape index (κ2) is 6.25. The predicted octanol–water partition coefficient (Wildman–Crippen LogP) is 6.90. The summed E-state index contributed by atoms with van der Waals surface area (Å²) in [6.45, 7) is 0. The fraction of sp³-hybridized carbons (Fsp3) is 0.125. The summed E-state index contributed by atoms with van der Waals surface area (Å²) in [6, 6.07) is 24.7. The Morgan fingerprint density at radius 1 is 0.486 bits per heavy atom. The number of pyridine rings is 2. The van der Waals surface area contributed by atoms with Crippen LogP contribution in [0.2, 0.25) is 0 Å². The Hall–Kier alpha value is -4.24. The summed E-state index contributed by atoms with van der Waals surface area (Å²) in [4.78, 5) is 12.1. The molecule has 2 aromatic heterocycles. The number of rotatable bonds is 0. The van der Waals surface area contributed by atoms with Gasteiger partial charge in [0.1, 0.15) is 0 Å². The minimum absolute atomic E-state index is 0.871. The summed E-state index contributed by atoms with van der Waals surface area (Å²) >= 11 is 0. The zero-order valence-corrected chi connectivity index (χ0v) is 19.2. The van der Waals surface area contributed by atoms with Crippen molar-refractivity contribution in [2.24, 2.45) is 0 Å². The van der Waals surface area contributed by atoms with Crippen LogP contribution in [0.4, 0.5) is 17.1 Å². The van der Waals surface area contributed by atoms with Crippen LogP contribution in [0.15, 0.2) is 79.1 Å². The average molecular weight is 448 g/mol. The lowest BCUT2D eigenvalue weighted by molar-refractivity contribution is 0.928. The smallest absolute Gasteiger partial charge is 0.0717 e. The summed E-state index contributed by atoms with van der Waals surface area (Å²) in [5, 5.41) is 0. The first-order chi connectivity index (χ1) is 17.3. The maximum absolute atomic E-state index is 4.88. The standard InChI is InChI=1S/C32H21N3/c1-2-5-20-18(4-1)14-24-21(20)7-8-22-23-9-10-30-27(26(23)16-25(22)24)17-29-32-19(11-13-34-29)15-28-31(35(30)32)6-3-12-33-28/h1-13H,14-17H2. The van der Waals surface area contributed by atoms with Crippen molar-refractivity contribution < 1.29 is 0 Å². The molecule has 5 aromatic rings. The zero-order valence-electron chi connectivity index (χ0n) is 19.2. The van der Waals surface area contributed by atoms with Crippen molar-refractivity contribution in [3.05, 3.63) is 124 Å². The van der Waals surface area contributed by atoms with E-state index in [0.717, 1.165) is 31.4 Å². The molecule has 0 bridgehead atoms. The molecule has 0 amide bonds. The molecule has 0 N–H and O–H groups in total. The van der Waals surface area contributed by atoms with Crippen LogP contribution in [0.3, 0.4) is 0 Å². The number of benzene rings is 3. The average Bonchev–Trinajstić information content (AvgIpc) is 3.47. The topological polar surface area (TPSA) is 29.0 Å². The maximum atomic E-state index is 4.88. The van der Waals surface area contributed by atoms with E-state index in [-0.39, 0.29) is 0 Å². The van der Waals surface area contributed by atoms with Gasteiger partial charge in [-0.3, -0.25) is 9.97 Å². The molecule has 35 heavy (non-hydrogen) atoms.